The predicted octanol–water partition coefficient (Wildman–Crippen LogP) is 7.54. The Kier molecular flexibility index (Phi) is 12.2. The van der Waals surface area contributed by atoms with Crippen LogP contribution in [-0.4, -0.2) is 64.1 Å². The van der Waals surface area contributed by atoms with Gasteiger partial charge in [0.15, 0.2) is 12.2 Å². The first kappa shape index (κ1) is 36.1. The quantitative estimate of drug-likeness (QED) is 0.113. The van der Waals surface area contributed by atoms with Gasteiger partial charge in [-0.2, -0.15) is 0 Å². The molecule has 0 saturated heterocycles. The Hall–Kier alpha value is -5.19. The van der Waals surface area contributed by atoms with Crippen LogP contribution in [0.2, 0.25) is 0 Å². The third-order valence-electron chi connectivity index (χ3n) is 8.59. The SMILES string of the molecule is CCO[C@@H](Cc1ccc2[nH]ccc2c1)C(=O)OC.CCO[C@@H](Cc1ccc2c(ccn2Cc2nc(-c3ccc(CC)cc3)oc2C)c1)C(=O)O. The highest BCUT2D eigenvalue weighted by Gasteiger charge is 2.20. The van der Waals surface area contributed by atoms with Crippen LogP contribution in [0.4, 0.5) is 0 Å². The number of esters is 1. The number of nitrogens with one attached hydrogen (secondary N) is 1. The van der Waals surface area contributed by atoms with E-state index in [0.717, 1.165) is 56.4 Å². The normalized spacial score (nSPS) is 12.4. The van der Waals surface area contributed by atoms with Crippen LogP contribution in [-0.2, 0) is 49.6 Å². The Labute approximate surface area is 292 Å². The zero-order chi connectivity index (χ0) is 35.6. The van der Waals surface area contributed by atoms with Gasteiger partial charge >= 0.3 is 11.9 Å². The summed E-state index contributed by atoms with van der Waals surface area (Å²) in [5.41, 5.74) is 7.30. The number of aromatic nitrogens is 3. The highest BCUT2D eigenvalue weighted by Crippen LogP contribution is 2.25. The number of aryl methyl sites for hydroxylation is 2. The van der Waals surface area contributed by atoms with Crippen molar-refractivity contribution in [2.75, 3.05) is 20.3 Å². The number of carboxylic acid groups (broad SMARTS) is 1. The van der Waals surface area contributed by atoms with Crippen LogP contribution < -0.4 is 0 Å². The van der Waals surface area contributed by atoms with Crippen molar-refractivity contribution in [1.29, 1.82) is 0 Å². The summed E-state index contributed by atoms with van der Waals surface area (Å²) in [6.45, 7) is 9.21. The number of rotatable bonds is 14. The molecule has 2 N–H and O–H groups in total. The standard InChI is InChI=1S/C26H28N2O4.C14H17NO3/c1-4-18-6-9-20(10-7-18)25-27-22(17(3)32-25)16-28-13-12-21-14-19(8-11-23(21)28)15-24(26(29)30)31-5-2;1-3-18-13(14(16)17-2)9-10-4-5-12-11(8-10)6-7-15-12/h6-14,24H,4-5,15-16H2,1-3H3,(H,29,30);4-8,13,15H,3,9H2,1-2H3/t24-;13-/m00/s1. The van der Waals surface area contributed by atoms with Gasteiger partial charge in [0.2, 0.25) is 5.89 Å². The Morgan fingerprint density at radius 3 is 2.20 bits per heavy atom. The Morgan fingerprint density at radius 2 is 1.52 bits per heavy atom. The first-order valence-corrected chi connectivity index (χ1v) is 17.0. The molecule has 0 amide bonds. The lowest BCUT2D eigenvalue weighted by molar-refractivity contribution is -0.153. The van der Waals surface area contributed by atoms with Crippen LogP contribution in [0.15, 0.2) is 89.6 Å². The molecule has 50 heavy (non-hydrogen) atoms. The third kappa shape index (κ3) is 8.88. The van der Waals surface area contributed by atoms with E-state index < -0.39 is 18.2 Å². The van der Waals surface area contributed by atoms with Crippen molar-refractivity contribution in [2.24, 2.45) is 0 Å². The molecule has 2 atom stereocenters. The van der Waals surface area contributed by atoms with Crippen LogP contribution in [0.25, 0.3) is 33.3 Å². The fourth-order valence-corrected chi connectivity index (χ4v) is 5.88. The minimum atomic E-state index is -0.939. The number of ether oxygens (including phenoxy) is 3. The molecule has 0 aliphatic carbocycles. The molecule has 3 aromatic heterocycles. The number of benzene rings is 3. The molecule has 3 aromatic carbocycles. The van der Waals surface area contributed by atoms with Crippen molar-refractivity contribution >= 4 is 33.7 Å². The van der Waals surface area contributed by atoms with Gasteiger partial charge in [-0.05, 0) is 103 Å². The third-order valence-corrected chi connectivity index (χ3v) is 8.59. The van der Waals surface area contributed by atoms with E-state index in [1.165, 1.54) is 12.7 Å². The summed E-state index contributed by atoms with van der Waals surface area (Å²) in [5, 5.41) is 11.5. The van der Waals surface area contributed by atoms with Crippen molar-refractivity contribution in [1.82, 2.24) is 14.5 Å². The Bertz CT molecular complexity index is 2020. The number of H-pyrrole nitrogens is 1. The number of hydrogen-bond donors (Lipinski definition) is 2. The van der Waals surface area contributed by atoms with Gasteiger partial charge in [0.05, 0.1) is 13.7 Å². The molecule has 0 radical (unpaired) electrons. The molecule has 0 bridgehead atoms. The van der Waals surface area contributed by atoms with E-state index in [4.69, 9.17) is 23.6 Å². The van der Waals surface area contributed by atoms with Crippen molar-refractivity contribution in [2.45, 2.75) is 65.7 Å². The topological polar surface area (TPSA) is 129 Å². The van der Waals surface area contributed by atoms with E-state index in [0.29, 0.717) is 38.5 Å². The number of carboxylic acids is 1. The minimum absolute atomic E-state index is 0.328. The van der Waals surface area contributed by atoms with E-state index in [-0.39, 0.29) is 5.97 Å². The summed E-state index contributed by atoms with van der Waals surface area (Å²) in [7, 11) is 1.38. The van der Waals surface area contributed by atoms with Crippen LogP contribution in [0, 0.1) is 6.92 Å². The monoisotopic (exact) mass is 679 g/mol. The molecule has 262 valence electrons. The van der Waals surface area contributed by atoms with E-state index in [9.17, 15) is 14.7 Å². The van der Waals surface area contributed by atoms with E-state index in [2.05, 4.69) is 34.7 Å². The molecule has 0 aliphatic rings. The smallest absolute Gasteiger partial charge is 0.335 e. The number of oxazole rings is 1. The molecule has 6 aromatic rings. The number of carbonyl (C=O) groups is 2. The molecule has 0 aliphatic heterocycles. The lowest BCUT2D eigenvalue weighted by atomic mass is 10.1. The van der Waals surface area contributed by atoms with Gasteiger partial charge < -0.3 is 33.3 Å². The van der Waals surface area contributed by atoms with Gasteiger partial charge in [0.25, 0.3) is 0 Å². The summed E-state index contributed by atoms with van der Waals surface area (Å²) in [6, 6.07) is 24.4. The van der Waals surface area contributed by atoms with Gasteiger partial charge in [-0.3, -0.25) is 0 Å². The summed E-state index contributed by atoms with van der Waals surface area (Å²) < 4.78 is 23.6. The van der Waals surface area contributed by atoms with Crippen LogP contribution in [0.3, 0.4) is 0 Å². The van der Waals surface area contributed by atoms with Crippen LogP contribution in [0.1, 0.15) is 48.9 Å². The summed E-state index contributed by atoms with van der Waals surface area (Å²) in [6.07, 6.45) is 4.43. The van der Waals surface area contributed by atoms with Gasteiger partial charge in [-0.1, -0.05) is 31.2 Å². The average Bonchev–Trinajstić information content (AvgIpc) is 3.86. The van der Waals surface area contributed by atoms with Crippen LogP contribution in [0.5, 0.6) is 0 Å². The van der Waals surface area contributed by atoms with E-state index >= 15 is 0 Å². The molecular weight excluding hydrogens is 634 g/mol. The van der Waals surface area contributed by atoms with E-state index in [1.807, 2.05) is 80.8 Å². The highest BCUT2D eigenvalue weighted by molar-refractivity contribution is 5.82. The maximum absolute atomic E-state index is 11.6. The second-order valence-corrected chi connectivity index (χ2v) is 12.0. The maximum atomic E-state index is 11.6. The van der Waals surface area contributed by atoms with Crippen molar-refractivity contribution in [3.8, 4) is 11.5 Å². The zero-order valence-corrected chi connectivity index (χ0v) is 29.3. The molecule has 0 saturated carbocycles. The fraction of sp³-hybridized carbons (Fsp3) is 0.325. The fourth-order valence-electron chi connectivity index (χ4n) is 5.88. The van der Waals surface area contributed by atoms with Gasteiger partial charge in [-0.15, -0.1) is 0 Å². The van der Waals surface area contributed by atoms with Gasteiger partial charge in [0, 0.05) is 55.0 Å². The first-order chi connectivity index (χ1) is 24.2. The maximum Gasteiger partial charge on any atom is 0.335 e. The van der Waals surface area contributed by atoms with Crippen molar-refractivity contribution in [3.05, 3.63) is 113 Å². The highest BCUT2D eigenvalue weighted by atomic mass is 16.6. The first-order valence-electron chi connectivity index (χ1n) is 17.0. The Balaban J connectivity index is 0.000000228. The summed E-state index contributed by atoms with van der Waals surface area (Å²) >= 11 is 0. The number of methoxy groups -OCH3 is 1. The second kappa shape index (κ2) is 17.0. The largest absolute Gasteiger partial charge is 0.479 e. The number of nitrogens with zero attached hydrogens (tertiary/aromatic N) is 2. The molecule has 3 heterocycles. The Morgan fingerprint density at radius 1 is 0.860 bits per heavy atom. The average molecular weight is 680 g/mol. The minimum Gasteiger partial charge on any atom is -0.479 e. The number of fused-ring (bicyclic) bond motifs is 2. The molecular formula is C40H45N3O7. The summed E-state index contributed by atoms with van der Waals surface area (Å²) in [5.74, 6) is 0.172. The molecule has 10 heteroatoms. The molecule has 0 unspecified atom stereocenters. The van der Waals surface area contributed by atoms with Gasteiger partial charge in [-0.25, -0.2) is 14.6 Å². The predicted molar refractivity (Wildman–Crippen MR) is 193 cm³/mol. The number of carbonyl (C=O) groups excluding carboxylic acids is 1. The van der Waals surface area contributed by atoms with Gasteiger partial charge in [0.1, 0.15) is 11.5 Å². The van der Waals surface area contributed by atoms with Crippen molar-refractivity contribution in [3.63, 3.8) is 0 Å². The molecule has 0 spiro atoms. The zero-order valence-electron chi connectivity index (χ0n) is 29.3. The number of aliphatic carboxylic acids is 1. The molecule has 10 nitrogen and oxygen atoms in total. The number of hydrogen-bond acceptors (Lipinski definition) is 7. The number of aromatic amines is 1. The van der Waals surface area contributed by atoms with E-state index in [1.54, 1.807) is 6.92 Å². The molecule has 6 rings (SSSR count). The lowest BCUT2D eigenvalue weighted by Gasteiger charge is -2.14. The van der Waals surface area contributed by atoms with Crippen molar-refractivity contribution < 1.29 is 33.3 Å². The van der Waals surface area contributed by atoms with Crippen LogP contribution >= 0.6 is 0 Å². The lowest BCUT2D eigenvalue weighted by Crippen LogP contribution is -2.28. The molecule has 0 fully saturated rings. The summed E-state index contributed by atoms with van der Waals surface area (Å²) in [4.78, 5) is 30.8. The second-order valence-electron chi connectivity index (χ2n) is 12.0.